The van der Waals surface area contributed by atoms with E-state index in [1.165, 1.54) is 5.56 Å². The number of benzene rings is 1. The molecule has 1 aliphatic rings. The van der Waals surface area contributed by atoms with E-state index in [1.54, 1.807) is 11.9 Å². The number of aliphatic hydroxyl groups is 1. The van der Waals surface area contributed by atoms with E-state index in [9.17, 15) is 9.90 Å². The van der Waals surface area contributed by atoms with Gasteiger partial charge in [0.05, 0.1) is 12.0 Å². The lowest BCUT2D eigenvalue weighted by Crippen LogP contribution is -2.21. The van der Waals surface area contributed by atoms with Gasteiger partial charge in [0.25, 0.3) is 0 Å². The fourth-order valence-corrected chi connectivity index (χ4v) is 2.43. The van der Waals surface area contributed by atoms with Gasteiger partial charge in [0.1, 0.15) is 0 Å². The van der Waals surface area contributed by atoms with E-state index in [-0.39, 0.29) is 11.3 Å². The zero-order chi connectivity index (χ0) is 13.5. The Balaban J connectivity index is 2.28. The van der Waals surface area contributed by atoms with E-state index in [1.807, 2.05) is 24.3 Å². The minimum atomic E-state index is -0.594. The van der Waals surface area contributed by atoms with Gasteiger partial charge in [0.15, 0.2) is 0 Å². The number of aliphatic hydroxyl groups excluding tert-OH is 1. The molecule has 1 saturated heterocycles. The van der Waals surface area contributed by atoms with Crippen LogP contribution in [0.1, 0.15) is 37.8 Å². The molecule has 1 N–H and O–H groups in total. The van der Waals surface area contributed by atoms with E-state index < -0.39 is 12.0 Å². The summed E-state index contributed by atoms with van der Waals surface area (Å²) in [5, 5.41) is 9.95. The molecule has 0 saturated carbocycles. The van der Waals surface area contributed by atoms with Crippen molar-refractivity contribution < 1.29 is 9.90 Å². The highest BCUT2D eigenvalue weighted by atomic mass is 16.3. The zero-order valence-corrected chi connectivity index (χ0v) is 11.5. The van der Waals surface area contributed by atoms with Crippen LogP contribution in [0.4, 0.5) is 0 Å². The molecule has 18 heavy (non-hydrogen) atoms. The van der Waals surface area contributed by atoms with Gasteiger partial charge in [-0.1, -0.05) is 45.0 Å². The molecule has 0 aromatic heterocycles. The van der Waals surface area contributed by atoms with Crippen LogP contribution < -0.4 is 0 Å². The number of hydrogen-bond acceptors (Lipinski definition) is 2. The van der Waals surface area contributed by atoms with Gasteiger partial charge in [-0.2, -0.15) is 0 Å². The summed E-state index contributed by atoms with van der Waals surface area (Å²) in [5.74, 6) is -0.393. The first-order chi connectivity index (χ1) is 8.30. The summed E-state index contributed by atoms with van der Waals surface area (Å²) < 4.78 is 0. The molecule has 1 fully saturated rings. The van der Waals surface area contributed by atoms with Crippen molar-refractivity contribution in [2.75, 3.05) is 13.6 Å². The lowest BCUT2D eigenvalue weighted by Gasteiger charge is -2.20. The number of rotatable bonds is 1. The smallest absolute Gasteiger partial charge is 0.232 e. The summed E-state index contributed by atoms with van der Waals surface area (Å²) in [5.41, 5.74) is 2.25. The first-order valence-electron chi connectivity index (χ1n) is 6.34. The molecule has 0 radical (unpaired) electrons. The third-order valence-electron chi connectivity index (χ3n) is 3.62. The molecule has 1 aromatic rings. The van der Waals surface area contributed by atoms with Crippen LogP contribution in [-0.2, 0) is 10.2 Å². The minimum Gasteiger partial charge on any atom is -0.390 e. The van der Waals surface area contributed by atoms with Crippen molar-refractivity contribution in [3.05, 3.63) is 35.4 Å². The van der Waals surface area contributed by atoms with Crippen LogP contribution in [-0.4, -0.2) is 35.6 Å². The summed E-state index contributed by atoms with van der Waals surface area (Å²) in [6.07, 6.45) is -0.594. The number of nitrogens with zero attached hydrogens (tertiary/aromatic N) is 1. The first-order valence-corrected chi connectivity index (χ1v) is 6.34. The highest BCUT2D eigenvalue weighted by molar-refractivity contribution is 5.86. The van der Waals surface area contributed by atoms with Crippen LogP contribution >= 0.6 is 0 Å². The molecule has 2 atom stereocenters. The molecule has 1 amide bonds. The maximum Gasteiger partial charge on any atom is 0.232 e. The number of carbonyl (C=O) groups is 1. The molecule has 0 bridgehead atoms. The second-order valence-corrected chi connectivity index (χ2v) is 6.14. The maximum absolute atomic E-state index is 12.0. The Morgan fingerprint density at radius 1 is 1.22 bits per heavy atom. The van der Waals surface area contributed by atoms with E-state index >= 15 is 0 Å². The summed E-state index contributed by atoms with van der Waals surface area (Å²) in [4.78, 5) is 13.6. The third kappa shape index (κ3) is 2.27. The van der Waals surface area contributed by atoms with E-state index in [2.05, 4.69) is 20.8 Å². The van der Waals surface area contributed by atoms with Crippen molar-refractivity contribution in [3.63, 3.8) is 0 Å². The molecule has 0 spiro atoms. The van der Waals surface area contributed by atoms with E-state index in [0.29, 0.717) is 6.54 Å². The van der Waals surface area contributed by atoms with Gasteiger partial charge < -0.3 is 10.0 Å². The fraction of sp³-hybridized carbons (Fsp3) is 0.533. The molecule has 2 unspecified atom stereocenters. The van der Waals surface area contributed by atoms with Gasteiger partial charge >= 0.3 is 0 Å². The Hall–Kier alpha value is -1.35. The Bertz CT molecular complexity index is 445. The Morgan fingerprint density at radius 3 is 2.17 bits per heavy atom. The van der Waals surface area contributed by atoms with Crippen molar-refractivity contribution in [2.24, 2.45) is 0 Å². The average molecular weight is 247 g/mol. The van der Waals surface area contributed by atoms with E-state index in [0.717, 1.165) is 5.56 Å². The van der Waals surface area contributed by atoms with Crippen LogP contribution in [0.3, 0.4) is 0 Å². The zero-order valence-electron chi connectivity index (χ0n) is 11.5. The lowest BCUT2D eigenvalue weighted by atomic mass is 9.85. The van der Waals surface area contributed by atoms with Gasteiger partial charge in [-0.25, -0.2) is 0 Å². The fourth-order valence-electron chi connectivity index (χ4n) is 2.43. The average Bonchev–Trinajstić information content (AvgIpc) is 2.52. The quantitative estimate of drug-likeness (QED) is 0.823. The molecular formula is C15H21NO2. The lowest BCUT2D eigenvalue weighted by molar-refractivity contribution is -0.128. The van der Waals surface area contributed by atoms with Crippen molar-refractivity contribution in [1.29, 1.82) is 0 Å². The number of carbonyl (C=O) groups excluding carboxylic acids is 1. The summed E-state index contributed by atoms with van der Waals surface area (Å²) >= 11 is 0. The molecule has 0 aliphatic carbocycles. The van der Waals surface area contributed by atoms with Gasteiger partial charge in [0.2, 0.25) is 5.91 Å². The Kier molecular flexibility index (Phi) is 3.20. The van der Waals surface area contributed by atoms with Crippen LogP contribution in [0.25, 0.3) is 0 Å². The Labute approximate surface area is 108 Å². The first kappa shape index (κ1) is 13.1. The summed E-state index contributed by atoms with van der Waals surface area (Å²) in [6, 6.07) is 8.03. The molecule has 1 heterocycles. The number of amides is 1. The van der Waals surface area contributed by atoms with Crippen molar-refractivity contribution in [2.45, 2.75) is 38.2 Å². The number of β-amino-alcohol motifs (C(OH)–C–C–N with tert-alkyl or cyclic N) is 1. The second kappa shape index (κ2) is 4.39. The predicted molar refractivity (Wildman–Crippen MR) is 71.5 cm³/mol. The molecule has 2 rings (SSSR count). The molecule has 98 valence electrons. The van der Waals surface area contributed by atoms with Crippen LogP contribution in [0, 0.1) is 0 Å². The molecule has 1 aromatic carbocycles. The minimum absolute atomic E-state index is 0.00556. The molecule has 3 nitrogen and oxygen atoms in total. The van der Waals surface area contributed by atoms with Crippen LogP contribution in [0.15, 0.2) is 24.3 Å². The van der Waals surface area contributed by atoms with Crippen molar-refractivity contribution in [3.8, 4) is 0 Å². The Morgan fingerprint density at radius 2 is 1.78 bits per heavy atom. The summed E-state index contributed by atoms with van der Waals surface area (Å²) in [6.45, 7) is 6.90. The molecular weight excluding hydrogens is 226 g/mol. The van der Waals surface area contributed by atoms with Crippen molar-refractivity contribution in [1.82, 2.24) is 4.90 Å². The monoisotopic (exact) mass is 247 g/mol. The molecule has 1 aliphatic heterocycles. The highest BCUT2D eigenvalue weighted by Crippen LogP contribution is 2.30. The van der Waals surface area contributed by atoms with Gasteiger partial charge in [-0.05, 0) is 16.5 Å². The van der Waals surface area contributed by atoms with Crippen molar-refractivity contribution >= 4 is 5.91 Å². The van der Waals surface area contributed by atoms with Gasteiger partial charge in [-0.15, -0.1) is 0 Å². The topological polar surface area (TPSA) is 40.5 Å². The van der Waals surface area contributed by atoms with Gasteiger partial charge in [0, 0.05) is 13.6 Å². The van der Waals surface area contributed by atoms with Crippen LogP contribution in [0.5, 0.6) is 0 Å². The largest absolute Gasteiger partial charge is 0.390 e. The normalized spacial score (nSPS) is 24.7. The number of likely N-dealkylation sites (N-methyl/N-ethyl adjacent to an activating group) is 1. The number of likely N-dealkylation sites (tertiary alicyclic amines) is 1. The maximum atomic E-state index is 12.0. The highest BCUT2D eigenvalue weighted by Gasteiger charge is 2.38. The predicted octanol–water partition coefficient (Wildman–Crippen LogP) is 1.90. The third-order valence-corrected chi connectivity index (χ3v) is 3.62. The van der Waals surface area contributed by atoms with E-state index in [4.69, 9.17) is 0 Å². The second-order valence-electron chi connectivity index (χ2n) is 6.14. The molecule has 3 heteroatoms. The SMILES string of the molecule is CN1CC(O)C(c2ccc(C(C)(C)C)cc2)C1=O. The summed E-state index contributed by atoms with van der Waals surface area (Å²) in [7, 11) is 1.73. The van der Waals surface area contributed by atoms with Gasteiger partial charge in [-0.3, -0.25) is 4.79 Å². The van der Waals surface area contributed by atoms with Crippen LogP contribution in [0.2, 0.25) is 0 Å². The standard InChI is InChI=1S/C15H21NO2/c1-15(2,3)11-7-5-10(6-8-11)13-12(17)9-16(4)14(13)18/h5-8,12-13,17H,9H2,1-4H3. The number of hydrogen-bond donors (Lipinski definition) is 1.